The molecule has 9 nitrogen and oxygen atoms in total. The van der Waals surface area contributed by atoms with Gasteiger partial charge in [-0.25, -0.2) is 4.57 Å². The third kappa shape index (κ3) is 53.4. The van der Waals surface area contributed by atoms with Gasteiger partial charge in [-0.3, -0.25) is 18.6 Å². The first-order chi connectivity index (χ1) is 32.5. The SMILES string of the molecule is CCCCCCC/C=C\C/C=C\C/C=C\CCCCCCCCCCCCC(=O)OC(COC(=O)CCCCCCCCCCCCCCCCCCCC)COP(=O)(O)OCC[N+](C)(C)C. The maximum Gasteiger partial charge on any atom is 0.472 e. The molecule has 0 aromatic rings. The van der Waals surface area contributed by atoms with Crippen molar-refractivity contribution in [2.45, 2.75) is 270 Å². The summed E-state index contributed by atoms with van der Waals surface area (Å²) in [7, 11) is 1.48. The topological polar surface area (TPSA) is 108 Å². The van der Waals surface area contributed by atoms with E-state index in [1.165, 1.54) is 180 Å². The van der Waals surface area contributed by atoms with Gasteiger partial charge in [-0.15, -0.1) is 0 Å². The number of hydrogen-bond acceptors (Lipinski definition) is 7. The first-order valence-corrected chi connectivity index (χ1v) is 29.7. The molecule has 1 N–H and O–H groups in total. The van der Waals surface area contributed by atoms with Crippen molar-refractivity contribution in [2.24, 2.45) is 0 Å². The van der Waals surface area contributed by atoms with Gasteiger partial charge in [0.2, 0.25) is 0 Å². The molecule has 0 aliphatic heterocycles. The van der Waals surface area contributed by atoms with Crippen LogP contribution < -0.4 is 0 Å². The van der Waals surface area contributed by atoms with Crippen LogP contribution >= 0.6 is 7.82 Å². The van der Waals surface area contributed by atoms with Gasteiger partial charge in [0.1, 0.15) is 19.8 Å². The fraction of sp³-hybridized carbons (Fsp3) is 0.860. The lowest BCUT2D eigenvalue weighted by Gasteiger charge is -2.24. The molecule has 2 atom stereocenters. The monoisotopic (exact) mass is 967 g/mol. The second kappa shape index (κ2) is 49.2. The van der Waals surface area contributed by atoms with E-state index in [0.717, 1.165) is 51.4 Å². The van der Waals surface area contributed by atoms with Crippen molar-refractivity contribution >= 4 is 19.8 Å². The van der Waals surface area contributed by atoms with Crippen LogP contribution in [-0.2, 0) is 32.7 Å². The molecule has 0 aromatic carbocycles. The molecular formula is C57H109NO8P+. The van der Waals surface area contributed by atoms with Crippen LogP contribution in [0.25, 0.3) is 0 Å². The van der Waals surface area contributed by atoms with Crippen LogP contribution in [-0.4, -0.2) is 74.9 Å². The van der Waals surface area contributed by atoms with Crippen LogP contribution in [0.15, 0.2) is 36.5 Å². The molecule has 0 aliphatic carbocycles. The van der Waals surface area contributed by atoms with E-state index in [2.05, 4.69) is 50.3 Å². The van der Waals surface area contributed by atoms with Gasteiger partial charge in [0.25, 0.3) is 0 Å². The molecule has 0 aromatic heterocycles. The Morgan fingerprint density at radius 1 is 0.463 bits per heavy atom. The summed E-state index contributed by atoms with van der Waals surface area (Å²) in [5.74, 6) is -0.790. The first-order valence-electron chi connectivity index (χ1n) is 28.2. The summed E-state index contributed by atoms with van der Waals surface area (Å²) in [6, 6.07) is 0. The lowest BCUT2D eigenvalue weighted by Crippen LogP contribution is -2.37. The number of hydrogen-bond donors (Lipinski definition) is 1. The number of phosphoric ester groups is 1. The third-order valence-electron chi connectivity index (χ3n) is 12.4. The van der Waals surface area contributed by atoms with Crippen molar-refractivity contribution in [3.63, 3.8) is 0 Å². The lowest BCUT2D eigenvalue weighted by atomic mass is 10.0. The van der Waals surface area contributed by atoms with E-state index in [4.69, 9.17) is 18.5 Å². The van der Waals surface area contributed by atoms with Gasteiger partial charge in [0, 0.05) is 12.8 Å². The Hall–Kier alpha value is -1.77. The summed E-state index contributed by atoms with van der Waals surface area (Å²) < 4.78 is 34.5. The van der Waals surface area contributed by atoms with Crippen LogP contribution in [0.2, 0.25) is 0 Å². The average Bonchev–Trinajstić information content (AvgIpc) is 3.29. The molecule has 0 bridgehead atoms. The normalized spacial score (nSPS) is 13.6. The number of likely N-dealkylation sites (N-methyl/N-ethyl adjacent to an activating group) is 1. The van der Waals surface area contributed by atoms with E-state index in [-0.39, 0.29) is 25.6 Å². The molecule has 0 spiro atoms. The number of nitrogens with zero attached hydrogens (tertiary/aromatic N) is 1. The van der Waals surface area contributed by atoms with Crippen LogP contribution in [0.3, 0.4) is 0 Å². The molecule has 0 saturated heterocycles. The zero-order valence-electron chi connectivity index (χ0n) is 44.6. The maximum absolute atomic E-state index is 12.8. The van der Waals surface area contributed by atoms with E-state index in [9.17, 15) is 19.0 Å². The Labute approximate surface area is 414 Å². The van der Waals surface area contributed by atoms with Crippen molar-refractivity contribution in [3.05, 3.63) is 36.5 Å². The third-order valence-corrected chi connectivity index (χ3v) is 13.4. The lowest BCUT2D eigenvalue weighted by molar-refractivity contribution is -0.870. The molecule has 0 amide bonds. The molecule has 67 heavy (non-hydrogen) atoms. The largest absolute Gasteiger partial charge is 0.472 e. The van der Waals surface area contributed by atoms with E-state index in [1.807, 2.05) is 21.1 Å². The fourth-order valence-electron chi connectivity index (χ4n) is 8.02. The number of esters is 2. The quantitative estimate of drug-likeness (QED) is 0.0211. The highest BCUT2D eigenvalue weighted by Gasteiger charge is 2.27. The number of unbranched alkanes of at least 4 members (excludes halogenated alkanes) is 32. The molecule has 0 radical (unpaired) electrons. The van der Waals surface area contributed by atoms with Gasteiger partial charge in [0.05, 0.1) is 27.7 Å². The van der Waals surface area contributed by atoms with Gasteiger partial charge in [-0.05, 0) is 51.4 Å². The summed E-state index contributed by atoms with van der Waals surface area (Å²) in [5, 5.41) is 0. The molecule has 0 rings (SSSR count). The highest BCUT2D eigenvalue weighted by molar-refractivity contribution is 7.47. The number of ether oxygens (including phenoxy) is 2. The predicted octanol–water partition coefficient (Wildman–Crippen LogP) is 17.2. The Morgan fingerprint density at radius 2 is 0.806 bits per heavy atom. The van der Waals surface area contributed by atoms with Crippen LogP contribution in [0, 0.1) is 0 Å². The smallest absolute Gasteiger partial charge is 0.462 e. The van der Waals surface area contributed by atoms with Crippen LogP contribution in [0.4, 0.5) is 0 Å². The number of carbonyl (C=O) groups is 2. The summed E-state index contributed by atoms with van der Waals surface area (Å²) in [4.78, 5) is 35.6. The number of phosphoric acid groups is 1. The number of allylic oxidation sites excluding steroid dienone is 6. The average molecular weight is 967 g/mol. The molecule has 0 heterocycles. The zero-order valence-corrected chi connectivity index (χ0v) is 45.5. The van der Waals surface area contributed by atoms with Gasteiger partial charge in [-0.2, -0.15) is 0 Å². The molecule has 394 valence electrons. The minimum Gasteiger partial charge on any atom is -0.462 e. The Kier molecular flexibility index (Phi) is 47.9. The second-order valence-electron chi connectivity index (χ2n) is 20.3. The minimum absolute atomic E-state index is 0.0322. The zero-order chi connectivity index (χ0) is 49.2. The highest BCUT2D eigenvalue weighted by atomic mass is 31.2. The van der Waals surface area contributed by atoms with Crippen molar-refractivity contribution in [1.29, 1.82) is 0 Å². The van der Waals surface area contributed by atoms with Gasteiger partial charge < -0.3 is 18.9 Å². The summed E-state index contributed by atoms with van der Waals surface area (Å²) >= 11 is 0. The predicted molar refractivity (Wildman–Crippen MR) is 284 cm³/mol. The minimum atomic E-state index is -4.38. The summed E-state index contributed by atoms with van der Waals surface area (Å²) in [6.07, 6.45) is 59.1. The molecule has 0 saturated carbocycles. The Bertz CT molecular complexity index is 1230. The number of rotatable bonds is 52. The number of quaternary nitrogens is 1. The van der Waals surface area contributed by atoms with E-state index in [0.29, 0.717) is 23.9 Å². The Morgan fingerprint density at radius 3 is 1.19 bits per heavy atom. The van der Waals surface area contributed by atoms with Crippen molar-refractivity contribution in [1.82, 2.24) is 0 Å². The van der Waals surface area contributed by atoms with Crippen LogP contribution in [0.5, 0.6) is 0 Å². The first kappa shape index (κ1) is 65.2. The fourth-order valence-corrected chi connectivity index (χ4v) is 8.77. The summed E-state index contributed by atoms with van der Waals surface area (Å²) in [6.45, 7) is 4.46. The van der Waals surface area contributed by atoms with Crippen molar-refractivity contribution in [2.75, 3.05) is 47.5 Å². The number of carbonyl (C=O) groups excluding carboxylic acids is 2. The molecule has 2 unspecified atom stereocenters. The van der Waals surface area contributed by atoms with Gasteiger partial charge in [0.15, 0.2) is 6.10 Å². The van der Waals surface area contributed by atoms with Crippen molar-refractivity contribution < 1.29 is 42.1 Å². The van der Waals surface area contributed by atoms with Crippen molar-refractivity contribution in [3.8, 4) is 0 Å². The van der Waals surface area contributed by atoms with E-state index < -0.39 is 26.5 Å². The molecule has 0 aliphatic rings. The summed E-state index contributed by atoms with van der Waals surface area (Å²) in [5.41, 5.74) is 0. The van der Waals surface area contributed by atoms with E-state index in [1.54, 1.807) is 0 Å². The van der Waals surface area contributed by atoms with Gasteiger partial charge in [-0.1, -0.05) is 237 Å². The maximum atomic E-state index is 12.8. The second-order valence-corrected chi connectivity index (χ2v) is 21.8. The standard InChI is InChI=1S/C57H108NO8P/c1-6-8-10-12-14-16-18-20-22-24-26-27-28-29-30-31-32-34-36-38-40-42-44-46-48-50-57(60)66-55(54-65-67(61,62)64-52-51-58(3,4)5)53-63-56(59)49-47-45-43-41-39-37-35-33-25-23-21-19-17-15-13-11-9-7-2/h18,20,24,26,28-29,55H,6-17,19,21-23,25,27,30-54H2,1-5H3/p+1/b20-18-,26-24-,29-28-. The van der Waals surface area contributed by atoms with Gasteiger partial charge >= 0.3 is 19.8 Å². The molecule has 10 heteroatoms. The van der Waals surface area contributed by atoms with E-state index >= 15 is 0 Å². The molecular weight excluding hydrogens is 858 g/mol. The molecule has 0 fully saturated rings. The highest BCUT2D eigenvalue weighted by Crippen LogP contribution is 2.43. The Balaban J connectivity index is 4.18. The van der Waals surface area contributed by atoms with Crippen LogP contribution in [0.1, 0.15) is 264 Å².